The third-order valence-corrected chi connectivity index (χ3v) is 5.13. The maximum absolute atomic E-state index is 12.2. The van der Waals surface area contributed by atoms with Gasteiger partial charge in [-0.15, -0.1) is 11.8 Å². The van der Waals surface area contributed by atoms with E-state index in [4.69, 9.17) is 5.26 Å². The molecule has 0 bridgehead atoms. The number of nitriles is 1. The molecule has 2 aromatic rings. The number of thioether (sulfide) groups is 1. The molecular weight excluding hydrogens is 308 g/mol. The Morgan fingerprint density at radius 1 is 1.48 bits per heavy atom. The summed E-state index contributed by atoms with van der Waals surface area (Å²) in [4.78, 5) is 0.861. The zero-order chi connectivity index (χ0) is 15.3. The van der Waals surface area contributed by atoms with Crippen molar-refractivity contribution in [3.8, 4) is 6.07 Å². The average Bonchev–Trinajstić information content (AvgIpc) is 2.96. The maximum Gasteiger partial charge on any atom is 0.265 e. The van der Waals surface area contributed by atoms with Gasteiger partial charge in [0, 0.05) is 22.8 Å². The first kappa shape index (κ1) is 15.4. The van der Waals surface area contributed by atoms with Crippen molar-refractivity contribution in [2.45, 2.75) is 28.4 Å². The lowest BCUT2D eigenvalue weighted by molar-refractivity contribution is 0.601. The lowest BCUT2D eigenvalue weighted by atomic mass is 10.3. The van der Waals surface area contributed by atoms with Crippen molar-refractivity contribution in [3.05, 3.63) is 36.7 Å². The molecule has 0 unspecified atom stereocenters. The van der Waals surface area contributed by atoms with Crippen LogP contribution in [-0.4, -0.2) is 23.9 Å². The van der Waals surface area contributed by atoms with Crippen LogP contribution in [0.4, 0.5) is 5.69 Å². The van der Waals surface area contributed by atoms with Crippen molar-refractivity contribution in [2.24, 2.45) is 0 Å². The normalized spacial score (nSPS) is 12.6. The molecule has 1 aromatic carbocycles. The molecule has 0 amide bonds. The highest BCUT2D eigenvalue weighted by Crippen LogP contribution is 2.32. The molecule has 2 rings (SSSR count). The second-order valence-electron chi connectivity index (χ2n) is 4.33. The lowest BCUT2D eigenvalue weighted by Crippen LogP contribution is -2.13. The molecule has 0 saturated heterocycles. The predicted octanol–water partition coefficient (Wildman–Crippen LogP) is 2.60. The smallest absolute Gasteiger partial charge is 0.265 e. The quantitative estimate of drug-likeness (QED) is 0.796. The first-order valence-corrected chi connectivity index (χ1v) is 8.53. The summed E-state index contributed by atoms with van der Waals surface area (Å²) in [5, 5.41) is 14.9. The number of benzene rings is 1. The number of sulfonamides is 1. The molecule has 0 aliphatic heterocycles. The molecule has 1 aromatic heterocycles. The highest BCUT2D eigenvalue weighted by atomic mass is 32.2. The molecule has 6 nitrogen and oxygen atoms in total. The Bertz CT molecular complexity index is 736. The molecule has 0 aliphatic rings. The van der Waals surface area contributed by atoms with Crippen LogP contribution in [0.15, 0.2) is 46.5 Å². The number of H-pyrrole nitrogens is 1. The molecule has 0 spiro atoms. The SMILES string of the molecule is C[C@H](CC#N)Sc1ccccc1NS(=O)(=O)c1cn[nH]c1. The van der Waals surface area contributed by atoms with E-state index < -0.39 is 10.0 Å². The van der Waals surface area contributed by atoms with E-state index in [1.165, 1.54) is 24.2 Å². The third kappa shape index (κ3) is 4.00. The lowest BCUT2D eigenvalue weighted by Gasteiger charge is -2.13. The molecule has 0 fully saturated rings. The Hall–Kier alpha value is -1.98. The fourth-order valence-electron chi connectivity index (χ4n) is 1.63. The summed E-state index contributed by atoms with van der Waals surface area (Å²) in [6, 6.07) is 9.21. The first-order valence-electron chi connectivity index (χ1n) is 6.17. The molecule has 1 heterocycles. The van der Waals surface area contributed by atoms with Crippen LogP contribution in [0.1, 0.15) is 13.3 Å². The van der Waals surface area contributed by atoms with Crippen molar-refractivity contribution in [1.29, 1.82) is 5.26 Å². The minimum Gasteiger partial charge on any atom is -0.284 e. The van der Waals surface area contributed by atoms with E-state index in [1.54, 1.807) is 12.1 Å². The van der Waals surface area contributed by atoms with E-state index in [9.17, 15) is 8.42 Å². The Labute approximate surface area is 127 Å². The zero-order valence-electron chi connectivity index (χ0n) is 11.3. The summed E-state index contributed by atoms with van der Waals surface area (Å²) in [6.45, 7) is 1.93. The molecule has 1 atom stereocenters. The zero-order valence-corrected chi connectivity index (χ0v) is 12.9. The number of para-hydroxylation sites is 1. The number of nitrogens with zero attached hydrogens (tertiary/aromatic N) is 2. The Morgan fingerprint density at radius 2 is 2.24 bits per heavy atom. The van der Waals surface area contributed by atoms with Crippen LogP contribution in [0.3, 0.4) is 0 Å². The Balaban J connectivity index is 2.23. The molecular formula is C13H14N4O2S2. The van der Waals surface area contributed by atoms with Crippen molar-refractivity contribution >= 4 is 27.5 Å². The van der Waals surface area contributed by atoms with E-state index in [0.717, 1.165) is 4.90 Å². The number of hydrogen-bond acceptors (Lipinski definition) is 5. The largest absolute Gasteiger partial charge is 0.284 e. The number of rotatable bonds is 6. The van der Waals surface area contributed by atoms with Crippen LogP contribution in [0.25, 0.3) is 0 Å². The number of aromatic nitrogens is 2. The average molecular weight is 322 g/mol. The van der Waals surface area contributed by atoms with Gasteiger partial charge in [-0.2, -0.15) is 10.4 Å². The van der Waals surface area contributed by atoms with Gasteiger partial charge in [-0.25, -0.2) is 8.42 Å². The van der Waals surface area contributed by atoms with Gasteiger partial charge < -0.3 is 0 Å². The van der Waals surface area contributed by atoms with Gasteiger partial charge in [0.15, 0.2) is 0 Å². The molecule has 110 valence electrons. The number of anilines is 1. The molecule has 0 aliphatic carbocycles. The van der Waals surface area contributed by atoms with E-state index in [1.807, 2.05) is 19.1 Å². The third-order valence-electron chi connectivity index (χ3n) is 2.62. The highest BCUT2D eigenvalue weighted by Gasteiger charge is 2.17. The molecule has 0 saturated carbocycles. The second kappa shape index (κ2) is 6.65. The number of nitrogens with one attached hydrogen (secondary N) is 2. The van der Waals surface area contributed by atoms with Crippen molar-refractivity contribution in [2.75, 3.05) is 4.72 Å². The number of hydrogen-bond donors (Lipinski definition) is 2. The Morgan fingerprint density at radius 3 is 2.90 bits per heavy atom. The van der Waals surface area contributed by atoms with Crippen LogP contribution in [0.2, 0.25) is 0 Å². The Kier molecular flexibility index (Phi) is 4.88. The summed E-state index contributed by atoms with van der Waals surface area (Å²) in [5.41, 5.74) is 0.494. The summed E-state index contributed by atoms with van der Waals surface area (Å²) < 4.78 is 26.9. The van der Waals surface area contributed by atoms with Crippen molar-refractivity contribution in [3.63, 3.8) is 0 Å². The minimum absolute atomic E-state index is 0.0763. The molecule has 0 radical (unpaired) electrons. The van der Waals surface area contributed by atoms with Crippen molar-refractivity contribution in [1.82, 2.24) is 10.2 Å². The van der Waals surface area contributed by atoms with Gasteiger partial charge in [0.1, 0.15) is 4.90 Å². The van der Waals surface area contributed by atoms with E-state index in [-0.39, 0.29) is 10.1 Å². The topological polar surface area (TPSA) is 98.6 Å². The molecule has 2 N–H and O–H groups in total. The van der Waals surface area contributed by atoms with E-state index in [2.05, 4.69) is 21.0 Å². The summed E-state index contributed by atoms with van der Waals surface area (Å²) in [7, 11) is -3.66. The fourth-order valence-corrected chi connectivity index (χ4v) is 3.67. The van der Waals surface area contributed by atoms with Crippen LogP contribution >= 0.6 is 11.8 Å². The second-order valence-corrected chi connectivity index (χ2v) is 7.49. The summed E-state index contributed by atoms with van der Waals surface area (Å²) >= 11 is 1.46. The van der Waals surface area contributed by atoms with Gasteiger partial charge in [0.25, 0.3) is 10.0 Å². The maximum atomic E-state index is 12.2. The molecule has 8 heteroatoms. The van der Waals surface area contributed by atoms with Gasteiger partial charge in [-0.1, -0.05) is 19.1 Å². The summed E-state index contributed by atoms with van der Waals surface area (Å²) in [5.74, 6) is 0. The molecule has 21 heavy (non-hydrogen) atoms. The standard InChI is InChI=1S/C13H14N4O2S2/c1-10(6-7-14)20-13-5-3-2-4-12(13)17-21(18,19)11-8-15-16-9-11/h2-5,8-10,17H,6H2,1H3,(H,15,16)/t10-/m1/s1. The summed E-state index contributed by atoms with van der Waals surface area (Å²) in [6.07, 6.45) is 2.96. The van der Waals surface area contributed by atoms with Gasteiger partial charge in [-0.3, -0.25) is 9.82 Å². The first-order chi connectivity index (χ1) is 10.0. The van der Waals surface area contributed by atoms with Crippen LogP contribution < -0.4 is 4.72 Å². The van der Waals surface area contributed by atoms with Crippen LogP contribution in [-0.2, 0) is 10.0 Å². The highest BCUT2D eigenvalue weighted by molar-refractivity contribution is 8.00. The van der Waals surface area contributed by atoms with Gasteiger partial charge >= 0.3 is 0 Å². The van der Waals surface area contributed by atoms with Crippen LogP contribution in [0, 0.1) is 11.3 Å². The van der Waals surface area contributed by atoms with Gasteiger partial charge in [0.2, 0.25) is 0 Å². The van der Waals surface area contributed by atoms with Crippen LogP contribution in [0.5, 0.6) is 0 Å². The number of aromatic amines is 1. The van der Waals surface area contributed by atoms with Crippen molar-refractivity contribution < 1.29 is 8.42 Å². The predicted molar refractivity (Wildman–Crippen MR) is 81.4 cm³/mol. The minimum atomic E-state index is -3.66. The monoisotopic (exact) mass is 322 g/mol. The van der Waals surface area contributed by atoms with Gasteiger partial charge in [-0.05, 0) is 12.1 Å². The van der Waals surface area contributed by atoms with E-state index in [0.29, 0.717) is 12.1 Å². The van der Waals surface area contributed by atoms with Gasteiger partial charge in [0.05, 0.1) is 18.0 Å². The van der Waals surface area contributed by atoms with E-state index >= 15 is 0 Å². The fraction of sp³-hybridized carbons (Fsp3) is 0.231.